The van der Waals surface area contributed by atoms with Crippen LogP contribution in [0.2, 0.25) is 0 Å². The summed E-state index contributed by atoms with van der Waals surface area (Å²) in [7, 11) is 1.67. The third-order valence-electron chi connectivity index (χ3n) is 3.91. The Labute approximate surface area is 150 Å². The SMILES string of the molecule is COc1ccccc1Nc1nc(-c2ccccc2)nc2sc(C)cc12. The van der Waals surface area contributed by atoms with Crippen LogP contribution < -0.4 is 10.1 Å². The molecule has 0 saturated heterocycles. The molecule has 4 rings (SSSR count). The number of aryl methyl sites for hydroxylation is 1. The first-order valence-electron chi connectivity index (χ1n) is 7.98. The van der Waals surface area contributed by atoms with Crippen molar-refractivity contribution in [3.05, 3.63) is 65.5 Å². The lowest BCUT2D eigenvalue weighted by Crippen LogP contribution is -1.99. The van der Waals surface area contributed by atoms with Gasteiger partial charge in [0, 0.05) is 10.4 Å². The summed E-state index contributed by atoms with van der Waals surface area (Å²) in [5.41, 5.74) is 1.88. The Morgan fingerprint density at radius 3 is 2.52 bits per heavy atom. The second-order valence-electron chi connectivity index (χ2n) is 5.66. The molecule has 2 aromatic carbocycles. The average Bonchev–Trinajstić information content (AvgIpc) is 3.03. The summed E-state index contributed by atoms with van der Waals surface area (Å²) in [6.07, 6.45) is 0. The van der Waals surface area contributed by atoms with Crippen LogP contribution in [0, 0.1) is 6.92 Å². The van der Waals surface area contributed by atoms with Gasteiger partial charge in [-0.2, -0.15) is 0 Å². The molecule has 4 aromatic rings. The fourth-order valence-corrected chi connectivity index (χ4v) is 3.61. The van der Waals surface area contributed by atoms with E-state index in [1.165, 1.54) is 4.88 Å². The molecule has 0 amide bonds. The maximum atomic E-state index is 5.45. The number of nitrogens with one attached hydrogen (secondary N) is 1. The summed E-state index contributed by atoms with van der Waals surface area (Å²) < 4.78 is 5.45. The highest BCUT2D eigenvalue weighted by atomic mass is 32.1. The van der Waals surface area contributed by atoms with E-state index in [0.29, 0.717) is 5.82 Å². The summed E-state index contributed by atoms with van der Waals surface area (Å²) in [5, 5.41) is 4.44. The van der Waals surface area contributed by atoms with Gasteiger partial charge in [0.15, 0.2) is 5.82 Å². The predicted octanol–water partition coefficient (Wildman–Crippen LogP) is 5.42. The summed E-state index contributed by atoms with van der Waals surface area (Å²) in [5.74, 6) is 2.28. The second-order valence-corrected chi connectivity index (χ2v) is 6.90. The summed E-state index contributed by atoms with van der Waals surface area (Å²) in [4.78, 5) is 11.7. The van der Waals surface area contributed by atoms with Crippen molar-refractivity contribution in [3.63, 3.8) is 0 Å². The Kier molecular flexibility index (Phi) is 4.07. The van der Waals surface area contributed by atoms with E-state index < -0.39 is 0 Å². The molecule has 0 atom stereocenters. The number of ether oxygens (including phenoxy) is 1. The highest BCUT2D eigenvalue weighted by Crippen LogP contribution is 2.34. The number of benzene rings is 2. The van der Waals surface area contributed by atoms with Crippen molar-refractivity contribution < 1.29 is 4.74 Å². The van der Waals surface area contributed by atoms with E-state index in [0.717, 1.165) is 33.0 Å². The van der Waals surface area contributed by atoms with Crippen LogP contribution in [0.1, 0.15) is 4.88 Å². The van der Waals surface area contributed by atoms with Gasteiger partial charge in [-0.1, -0.05) is 42.5 Å². The molecule has 0 saturated carbocycles. The number of methoxy groups -OCH3 is 1. The Morgan fingerprint density at radius 1 is 0.960 bits per heavy atom. The number of rotatable bonds is 4. The van der Waals surface area contributed by atoms with Crippen molar-refractivity contribution in [2.24, 2.45) is 0 Å². The van der Waals surface area contributed by atoms with E-state index in [1.807, 2.05) is 54.6 Å². The lowest BCUT2D eigenvalue weighted by atomic mass is 10.2. The van der Waals surface area contributed by atoms with Crippen LogP contribution >= 0.6 is 11.3 Å². The summed E-state index contributed by atoms with van der Waals surface area (Å²) in [6, 6.07) is 20.0. The minimum Gasteiger partial charge on any atom is -0.495 e. The first-order valence-corrected chi connectivity index (χ1v) is 8.80. The Bertz CT molecular complexity index is 1030. The normalized spacial score (nSPS) is 10.8. The molecule has 4 nitrogen and oxygen atoms in total. The van der Waals surface area contributed by atoms with Crippen LogP contribution in [-0.4, -0.2) is 17.1 Å². The standard InChI is InChI=1S/C20H17N3OS/c1-13-12-15-19(21-16-10-6-7-11-17(16)24-2)22-18(23-20(15)25-13)14-8-4-3-5-9-14/h3-12H,1-2H3,(H,21,22,23). The molecule has 0 radical (unpaired) electrons. The number of hydrogen-bond donors (Lipinski definition) is 1. The van der Waals surface area contributed by atoms with Crippen molar-refractivity contribution in [1.29, 1.82) is 0 Å². The van der Waals surface area contributed by atoms with Gasteiger partial charge in [0.1, 0.15) is 16.4 Å². The second kappa shape index (κ2) is 6.53. The van der Waals surface area contributed by atoms with Crippen molar-refractivity contribution in [1.82, 2.24) is 9.97 Å². The number of anilines is 2. The molecule has 5 heteroatoms. The highest BCUT2D eigenvalue weighted by molar-refractivity contribution is 7.18. The van der Waals surface area contributed by atoms with Gasteiger partial charge in [-0.25, -0.2) is 9.97 Å². The van der Waals surface area contributed by atoms with E-state index in [4.69, 9.17) is 14.7 Å². The lowest BCUT2D eigenvalue weighted by Gasteiger charge is -2.12. The van der Waals surface area contributed by atoms with Gasteiger partial charge in [-0.05, 0) is 25.1 Å². The lowest BCUT2D eigenvalue weighted by molar-refractivity contribution is 0.417. The van der Waals surface area contributed by atoms with Gasteiger partial charge in [-0.3, -0.25) is 0 Å². The Balaban J connectivity index is 1.87. The maximum absolute atomic E-state index is 5.45. The van der Waals surface area contributed by atoms with Crippen LogP contribution in [0.3, 0.4) is 0 Å². The van der Waals surface area contributed by atoms with Gasteiger partial charge in [0.05, 0.1) is 18.2 Å². The highest BCUT2D eigenvalue weighted by Gasteiger charge is 2.13. The molecule has 0 unspecified atom stereocenters. The number of hydrogen-bond acceptors (Lipinski definition) is 5. The van der Waals surface area contributed by atoms with Crippen LogP contribution in [0.25, 0.3) is 21.6 Å². The zero-order valence-electron chi connectivity index (χ0n) is 14.0. The molecule has 1 N–H and O–H groups in total. The zero-order chi connectivity index (χ0) is 17.2. The number of fused-ring (bicyclic) bond motifs is 1. The molecular formula is C20H17N3OS. The third-order valence-corrected chi connectivity index (χ3v) is 4.85. The minimum atomic E-state index is 0.715. The monoisotopic (exact) mass is 347 g/mol. The molecule has 0 aliphatic rings. The van der Waals surface area contributed by atoms with Crippen LogP contribution in [0.15, 0.2) is 60.7 Å². The average molecular weight is 347 g/mol. The number of para-hydroxylation sites is 2. The molecule has 124 valence electrons. The first kappa shape index (κ1) is 15.6. The smallest absolute Gasteiger partial charge is 0.163 e. The largest absolute Gasteiger partial charge is 0.495 e. The number of thiophene rings is 1. The fraction of sp³-hybridized carbons (Fsp3) is 0.100. The molecule has 0 aliphatic carbocycles. The molecular weight excluding hydrogens is 330 g/mol. The van der Waals surface area contributed by atoms with Crippen LogP contribution in [0.4, 0.5) is 11.5 Å². The summed E-state index contributed by atoms with van der Waals surface area (Å²) in [6.45, 7) is 2.08. The zero-order valence-corrected chi connectivity index (χ0v) is 14.8. The van der Waals surface area contributed by atoms with Gasteiger partial charge in [0.2, 0.25) is 0 Å². The van der Waals surface area contributed by atoms with Crippen molar-refractivity contribution in [2.75, 3.05) is 12.4 Å². The van der Waals surface area contributed by atoms with Gasteiger partial charge in [-0.15, -0.1) is 11.3 Å². The molecule has 2 heterocycles. The molecule has 0 spiro atoms. The topological polar surface area (TPSA) is 47.0 Å². The molecule has 25 heavy (non-hydrogen) atoms. The van der Waals surface area contributed by atoms with E-state index >= 15 is 0 Å². The van der Waals surface area contributed by atoms with Gasteiger partial charge < -0.3 is 10.1 Å². The Hall–Kier alpha value is -2.92. The van der Waals surface area contributed by atoms with E-state index in [2.05, 4.69) is 18.3 Å². The van der Waals surface area contributed by atoms with Crippen molar-refractivity contribution in [2.45, 2.75) is 6.92 Å². The van der Waals surface area contributed by atoms with Crippen LogP contribution in [0.5, 0.6) is 5.75 Å². The molecule has 0 aliphatic heterocycles. The fourth-order valence-electron chi connectivity index (χ4n) is 2.73. The summed E-state index contributed by atoms with van der Waals surface area (Å²) >= 11 is 1.67. The van der Waals surface area contributed by atoms with Crippen molar-refractivity contribution in [3.8, 4) is 17.1 Å². The first-order chi connectivity index (χ1) is 12.2. The van der Waals surface area contributed by atoms with E-state index in [-0.39, 0.29) is 0 Å². The maximum Gasteiger partial charge on any atom is 0.163 e. The molecule has 0 bridgehead atoms. The number of aromatic nitrogens is 2. The predicted molar refractivity (Wildman–Crippen MR) is 104 cm³/mol. The van der Waals surface area contributed by atoms with Gasteiger partial charge in [0.25, 0.3) is 0 Å². The Morgan fingerprint density at radius 2 is 1.72 bits per heavy atom. The van der Waals surface area contributed by atoms with E-state index in [1.54, 1.807) is 18.4 Å². The quantitative estimate of drug-likeness (QED) is 0.535. The number of nitrogens with zero attached hydrogens (tertiary/aromatic N) is 2. The molecule has 0 fully saturated rings. The third kappa shape index (κ3) is 3.06. The minimum absolute atomic E-state index is 0.715. The molecule has 2 aromatic heterocycles. The van der Waals surface area contributed by atoms with Crippen molar-refractivity contribution >= 4 is 33.1 Å². The van der Waals surface area contributed by atoms with E-state index in [9.17, 15) is 0 Å². The van der Waals surface area contributed by atoms with Crippen LogP contribution in [-0.2, 0) is 0 Å². The van der Waals surface area contributed by atoms with Gasteiger partial charge >= 0.3 is 0 Å².